The average Bonchev–Trinajstić information content (AvgIpc) is 3.22. The van der Waals surface area contributed by atoms with Crippen molar-refractivity contribution >= 4 is 27.8 Å². The molecule has 3 N–H and O–H groups in total. The summed E-state index contributed by atoms with van der Waals surface area (Å²) in [7, 11) is 1.62. The fourth-order valence-corrected chi connectivity index (χ4v) is 3.28. The van der Waals surface area contributed by atoms with Gasteiger partial charge in [0.25, 0.3) is 5.91 Å². The number of hydrogen-bond donors (Lipinski definition) is 3. The van der Waals surface area contributed by atoms with E-state index in [9.17, 15) is 4.79 Å². The first-order chi connectivity index (χ1) is 12.0. The van der Waals surface area contributed by atoms with Crippen molar-refractivity contribution in [2.75, 3.05) is 7.05 Å². The van der Waals surface area contributed by atoms with Crippen molar-refractivity contribution < 1.29 is 4.79 Å². The summed E-state index contributed by atoms with van der Waals surface area (Å²) in [5, 5.41) is 11.3. The van der Waals surface area contributed by atoms with Crippen molar-refractivity contribution in [3.63, 3.8) is 0 Å². The number of aryl methyl sites for hydroxylation is 3. The molecule has 2 heterocycles. The Balaban J connectivity index is 1.93. The first-order valence-corrected chi connectivity index (χ1v) is 8.16. The molecule has 25 heavy (non-hydrogen) atoms. The third kappa shape index (κ3) is 2.29. The summed E-state index contributed by atoms with van der Waals surface area (Å²) >= 11 is 0. The number of aromatic nitrogens is 4. The topological polar surface area (TPSA) is 86.5 Å². The largest absolute Gasteiger partial charge is 0.355 e. The van der Waals surface area contributed by atoms with E-state index in [1.54, 1.807) is 13.1 Å². The molecular formula is C19H19N5O. The van der Waals surface area contributed by atoms with Crippen molar-refractivity contribution in [2.45, 2.75) is 20.8 Å². The fraction of sp³-hybridized carbons (Fsp3) is 0.211. The Labute approximate surface area is 144 Å². The van der Waals surface area contributed by atoms with Crippen molar-refractivity contribution in [1.29, 1.82) is 0 Å². The molecule has 2 aromatic heterocycles. The molecule has 0 aliphatic carbocycles. The van der Waals surface area contributed by atoms with Crippen LogP contribution in [0.25, 0.3) is 33.5 Å². The highest BCUT2D eigenvalue weighted by Crippen LogP contribution is 2.32. The van der Waals surface area contributed by atoms with Crippen LogP contribution >= 0.6 is 0 Å². The summed E-state index contributed by atoms with van der Waals surface area (Å²) in [5.41, 5.74) is 7.62. The summed E-state index contributed by atoms with van der Waals surface area (Å²) in [6.45, 7) is 6.27. The van der Waals surface area contributed by atoms with Crippen molar-refractivity contribution in [1.82, 2.24) is 25.5 Å². The second kappa shape index (κ2) is 5.44. The predicted molar refractivity (Wildman–Crippen MR) is 98.8 cm³/mol. The van der Waals surface area contributed by atoms with Crippen molar-refractivity contribution in [3.05, 3.63) is 46.5 Å². The quantitative estimate of drug-likeness (QED) is 0.525. The molecule has 0 radical (unpaired) electrons. The van der Waals surface area contributed by atoms with E-state index in [1.807, 2.05) is 12.1 Å². The molecule has 2 aromatic carbocycles. The summed E-state index contributed by atoms with van der Waals surface area (Å²) in [6, 6.07) is 7.58. The van der Waals surface area contributed by atoms with Crippen molar-refractivity contribution in [2.24, 2.45) is 0 Å². The molecule has 126 valence electrons. The lowest BCUT2D eigenvalue weighted by Crippen LogP contribution is -2.17. The number of hydrogen-bond acceptors (Lipinski definition) is 3. The minimum Gasteiger partial charge on any atom is -0.355 e. The Morgan fingerprint density at radius 2 is 1.92 bits per heavy atom. The van der Waals surface area contributed by atoms with E-state index in [0.717, 1.165) is 39.0 Å². The van der Waals surface area contributed by atoms with E-state index < -0.39 is 0 Å². The second-order valence-corrected chi connectivity index (χ2v) is 6.35. The number of carbonyl (C=O) groups is 1. The first-order valence-electron chi connectivity index (χ1n) is 8.16. The maximum absolute atomic E-state index is 11.8. The number of aromatic amines is 2. The van der Waals surface area contributed by atoms with Crippen LogP contribution in [0, 0.1) is 20.8 Å². The minimum absolute atomic E-state index is 0.118. The van der Waals surface area contributed by atoms with Gasteiger partial charge >= 0.3 is 0 Å². The van der Waals surface area contributed by atoms with Gasteiger partial charge in [-0.15, -0.1) is 0 Å². The Bertz CT molecular complexity index is 1140. The van der Waals surface area contributed by atoms with Crippen LogP contribution in [-0.2, 0) is 0 Å². The SMILES string of the molecule is CNC(=O)c1ccc2nc(-c3[nH]nc4c(C)cc(C)c(C)c34)[nH]c2c1. The van der Waals surface area contributed by atoms with Crippen LogP contribution in [0.2, 0.25) is 0 Å². The van der Waals surface area contributed by atoms with Gasteiger partial charge in [-0.3, -0.25) is 9.89 Å². The highest BCUT2D eigenvalue weighted by atomic mass is 16.1. The maximum atomic E-state index is 11.8. The summed E-state index contributed by atoms with van der Waals surface area (Å²) in [6.07, 6.45) is 0. The van der Waals surface area contributed by atoms with Gasteiger partial charge in [-0.2, -0.15) is 5.10 Å². The van der Waals surface area contributed by atoms with Gasteiger partial charge in [-0.1, -0.05) is 6.07 Å². The zero-order valence-electron chi connectivity index (χ0n) is 14.6. The standard InChI is InChI=1S/C19H19N5O/c1-9-7-10(2)16-15(11(9)3)17(24-23-16)18-21-13-6-5-12(19(25)20-4)8-14(13)22-18/h5-8H,1-4H3,(H,20,25)(H,21,22)(H,23,24). The Hall–Kier alpha value is -3.15. The normalized spacial score (nSPS) is 11.4. The third-order valence-corrected chi connectivity index (χ3v) is 4.75. The van der Waals surface area contributed by atoms with E-state index in [0.29, 0.717) is 5.56 Å². The Morgan fingerprint density at radius 3 is 2.68 bits per heavy atom. The summed E-state index contributed by atoms with van der Waals surface area (Å²) in [4.78, 5) is 19.8. The van der Waals surface area contributed by atoms with Crippen LogP contribution < -0.4 is 5.32 Å². The lowest BCUT2D eigenvalue weighted by atomic mass is 10.00. The van der Waals surface area contributed by atoms with Gasteiger partial charge in [-0.25, -0.2) is 4.98 Å². The molecule has 0 fully saturated rings. The molecule has 6 heteroatoms. The monoisotopic (exact) mass is 333 g/mol. The summed E-state index contributed by atoms with van der Waals surface area (Å²) < 4.78 is 0. The zero-order chi connectivity index (χ0) is 17.7. The predicted octanol–water partition coefficient (Wildman–Crippen LogP) is 3.39. The highest BCUT2D eigenvalue weighted by molar-refractivity contribution is 5.99. The molecule has 0 unspecified atom stereocenters. The molecule has 6 nitrogen and oxygen atoms in total. The van der Waals surface area contributed by atoms with Gasteiger partial charge in [0.15, 0.2) is 5.82 Å². The molecular weight excluding hydrogens is 314 g/mol. The van der Waals surface area contributed by atoms with Crippen molar-refractivity contribution in [3.8, 4) is 11.5 Å². The molecule has 4 aromatic rings. The lowest BCUT2D eigenvalue weighted by molar-refractivity contribution is 0.0963. The van der Waals surface area contributed by atoms with E-state index in [4.69, 9.17) is 0 Å². The van der Waals surface area contributed by atoms with Crippen LogP contribution in [0.1, 0.15) is 27.0 Å². The molecule has 0 saturated carbocycles. The highest BCUT2D eigenvalue weighted by Gasteiger charge is 2.17. The number of nitrogens with zero attached hydrogens (tertiary/aromatic N) is 2. The number of H-pyrrole nitrogens is 2. The molecule has 1 amide bonds. The van der Waals surface area contributed by atoms with Crippen LogP contribution in [-0.4, -0.2) is 33.1 Å². The van der Waals surface area contributed by atoms with E-state index in [2.05, 4.69) is 52.3 Å². The number of amides is 1. The smallest absolute Gasteiger partial charge is 0.251 e. The number of imidazole rings is 1. The van der Waals surface area contributed by atoms with Crippen LogP contribution in [0.3, 0.4) is 0 Å². The lowest BCUT2D eigenvalue weighted by Gasteiger charge is -2.05. The van der Waals surface area contributed by atoms with Gasteiger partial charge in [0, 0.05) is 18.0 Å². The van der Waals surface area contributed by atoms with E-state index in [1.165, 1.54) is 11.1 Å². The fourth-order valence-electron chi connectivity index (χ4n) is 3.28. The molecule has 0 aliphatic heterocycles. The minimum atomic E-state index is -0.118. The number of rotatable bonds is 2. The Morgan fingerprint density at radius 1 is 1.12 bits per heavy atom. The molecule has 0 atom stereocenters. The van der Waals surface area contributed by atoms with E-state index >= 15 is 0 Å². The molecule has 0 aliphatic rings. The number of fused-ring (bicyclic) bond motifs is 2. The maximum Gasteiger partial charge on any atom is 0.251 e. The molecule has 0 saturated heterocycles. The molecule has 0 spiro atoms. The van der Waals surface area contributed by atoms with Gasteiger partial charge in [0.2, 0.25) is 0 Å². The summed E-state index contributed by atoms with van der Waals surface area (Å²) in [5.74, 6) is 0.604. The third-order valence-electron chi connectivity index (χ3n) is 4.75. The van der Waals surface area contributed by atoms with Gasteiger partial charge in [0.05, 0.1) is 16.6 Å². The number of carbonyl (C=O) groups excluding carboxylic acids is 1. The van der Waals surface area contributed by atoms with Crippen LogP contribution in [0.15, 0.2) is 24.3 Å². The Kier molecular flexibility index (Phi) is 3.35. The molecule has 0 bridgehead atoms. The number of nitrogens with one attached hydrogen (secondary N) is 3. The van der Waals surface area contributed by atoms with Gasteiger partial charge in [-0.05, 0) is 55.7 Å². The van der Waals surface area contributed by atoms with Crippen LogP contribution in [0.4, 0.5) is 0 Å². The van der Waals surface area contributed by atoms with Gasteiger partial charge in [0.1, 0.15) is 5.69 Å². The van der Waals surface area contributed by atoms with Crippen LogP contribution in [0.5, 0.6) is 0 Å². The number of benzene rings is 2. The van der Waals surface area contributed by atoms with Gasteiger partial charge < -0.3 is 10.3 Å². The molecule has 4 rings (SSSR count). The first kappa shape index (κ1) is 15.4. The average molecular weight is 333 g/mol. The second-order valence-electron chi connectivity index (χ2n) is 6.35. The van der Waals surface area contributed by atoms with E-state index in [-0.39, 0.29) is 5.91 Å². The zero-order valence-corrected chi connectivity index (χ0v) is 14.6.